The van der Waals surface area contributed by atoms with E-state index in [0.717, 1.165) is 12.5 Å². The first kappa shape index (κ1) is 11.6. The molecule has 0 spiro atoms. The molecule has 0 saturated carbocycles. The fraction of sp³-hybridized carbons (Fsp3) is 1.00. The predicted octanol–water partition coefficient (Wildman–Crippen LogP) is 0.437. The molecule has 0 amide bonds. The molecular weight excluding hydrogens is 208 g/mol. The second-order valence-electron chi connectivity index (χ2n) is 4.96. The van der Waals surface area contributed by atoms with Crippen LogP contribution in [0.25, 0.3) is 0 Å². The van der Waals surface area contributed by atoms with E-state index < -0.39 is 10.8 Å². The van der Waals surface area contributed by atoms with Crippen molar-refractivity contribution in [2.75, 3.05) is 32.4 Å². The van der Waals surface area contributed by atoms with Gasteiger partial charge >= 0.3 is 0 Å². The largest absolute Gasteiger partial charge is 0.312 e. The molecule has 0 aromatic heterocycles. The molecular formula is C11H22N2OS. The lowest BCUT2D eigenvalue weighted by molar-refractivity contribution is 0.222. The Morgan fingerprint density at radius 3 is 2.93 bits per heavy atom. The van der Waals surface area contributed by atoms with Crippen molar-refractivity contribution < 1.29 is 4.21 Å². The number of nitrogens with one attached hydrogen (secondary N) is 1. The number of piperidine rings is 1. The summed E-state index contributed by atoms with van der Waals surface area (Å²) < 4.78 is 11.2. The second-order valence-corrected chi connectivity index (χ2v) is 6.76. The van der Waals surface area contributed by atoms with E-state index >= 15 is 0 Å². The highest BCUT2D eigenvalue weighted by Gasteiger charge is 2.33. The van der Waals surface area contributed by atoms with Gasteiger partial charge in [0.15, 0.2) is 0 Å². The Morgan fingerprint density at radius 1 is 1.47 bits per heavy atom. The van der Waals surface area contributed by atoms with E-state index in [1.807, 2.05) is 0 Å². The average molecular weight is 230 g/mol. The van der Waals surface area contributed by atoms with Gasteiger partial charge in [-0.2, -0.15) is 0 Å². The Bertz CT molecular complexity index is 247. The topological polar surface area (TPSA) is 32.3 Å². The van der Waals surface area contributed by atoms with E-state index in [2.05, 4.69) is 17.1 Å². The van der Waals surface area contributed by atoms with E-state index in [1.165, 1.54) is 32.5 Å². The van der Waals surface area contributed by atoms with Gasteiger partial charge in [-0.25, -0.2) is 0 Å². The molecule has 2 fully saturated rings. The van der Waals surface area contributed by atoms with Crippen LogP contribution in [0.15, 0.2) is 0 Å². The van der Waals surface area contributed by atoms with Gasteiger partial charge in [0.2, 0.25) is 0 Å². The van der Waals surface area contributed by atoms with E-state index in [-0.39, 0.29) is 5.25 Å². The molecule has 2 bridgehead atoms. The normalized spacial score (nSPS) is 38.9. The van der Waals surface area contributed by atoms with Crippen LogP contribution in [0, 0.1) is 5.92 Å². The lowest BCUT2D eigenvalue weighted by Gasteiger charge is -2.31. The van der Waals surface area contributed by atoms with Gasteiger partial charge < -0.3 is 10.2 Å². The Balaban J connectivity index is 1.77. The Morgan fingerprint density at radius 2 is 2.20 bits per heavy atom. The molecule has 15 heavy (non-hydrogen) atoms. The molecule has 0 radical (unpaired) electrons. The standard InChI is InChI=1S/C11H22N2OS/c1-9(15(2)14)7-12-11-4-6-13-5-3-10(11)8-13/h9-12H,3-8H2,1-2H3. The van der Waals surface area contributed by atoms with Gasteiger partial charge in [0.1, 0.15) is 0 Å². The predicted molar refractivity (Wildman–Crippen MR) is 64.5 cm³/mol. The van der Waals surface area contributed by atoms with E-state index in [9.17, 15) is 4.21 Å². The molecule has 0 aliphatic carbocycles. The van der Waals surface area contributed by atoms with E-state index in [4.69, 9.17) is 0 Å². The molecule has 1 N–H and O–H groups in total. The van der Waals surface area contributed by atoms with Gasteiger partial charge in [0, 0.05) is 41.4 Å². The molecule has 88 valence electrons. The number of rotatable bonds is 4. The summed E-state index contributed by atoms with van der Waals surface area (Å²) >= 11 is 0. The summed E-state index contributed by atoms with van der Waals surface area (Å²) in [5, 5.41) is 3.89. The van der Waals surface area contributed by atoms with Crippen LogP contribution in [-0.4, -0.2) is 52.8 Å². The van der Waals surface area contributed by atoms with Crippen molar-refractivity contribution in [1.29, 1.82) is 0 Å². The van der Waals surface area contributed by atoms with Gasteiger partial charge in [-0.1, -0.05) is 0 Å². The zero-order valence-electron chi connectivity index (χ0n) is 9.74. The highest BCUT2D eigenvalue weighted by molar-refractivity contribution is 7.84. The fourth-order valence-electron chi connectivity index (χ4n) is 2.65. The van der Waals surface area contributed by atoms with Crippen LogP contribution in [0.3, 0.4) is 0 Å². The SMILES string of the molecule is CC(CNC1CCN2CCC1C2)S(C)=O. The number of hydrogen-bond donors (Lipinski definition) is 1. The van der Waals surface area contributed by atoms with Crippen LogP contribution in [0.2, 0.25) is 0 Å². The molecule has 3 nitrogen and oxygen atoms in total. The fourth-order valence-corrected chi connectivity index (χ4v) is 2.99. The maximum atomic E-state index is 11.2. The monoisotopic (exact) mass is 230 g/mol. The van der Waals surface area contributed by atoms with Crippen molar-refractivity contribution in [1.82, 2.24) is 10.2 Å². The average Bonchev–Trinajstić information content (AvgIpc) is 2.59. The van der Waals surface area contributed by atoms with E-state index in [0.29, 0.717) is 6.04 Å². The summed E-state index contributed by atoms with van der Waals surface area (Å²) in [7, 11) is -0.690. The molecule has 2 aliphatic rings. The summed E-state index contributed by atoms with van der Waals surface area (Å²) in [6, 6.07) is 0.676. The Kier molecular flexibility index (Phi) is 3.80. The highest BCUT2D eigenvalue weighted by atomic mass is 32.2. The lowest BCUT2D eigenvalue weighted by Crippen LogP contribution is -2.46. The van der Waals surface area contributed by atoms with Crippen LogP contribution >= 0.6 is 0 Å². The summed E-state index contributed by atoms with van der Waals surface area (Å²) in [5.74, 6) is 0.844. The molecule has 5 atom stereocenters. The summed E-state index contributed by atoms with van der Waals surface area (Å²) in [4.78, 5) is 2.56. The van der Waals surface area contributed by atoms with Crippen molar-refractivity contribution in [2.45, 2.75) is 31.1 Å². The highest BCUT2D eigenvalue weighted by Crippen LogP contribution is 2.26. The number of nitrogens with zero attached hydrogens (tertiary/aromatic N) is 1. The zero-order valence-corrected chi connectivity index (χ0v) is 10.6. The van der Waals surface area contributed by atoms with Gasteiger partial charge in [0.05, 0.1) is 0 Å². The van der Waals surface area contributed by atoms with Crippen molar-refractivity contribution in [2.24, 2.45) is 5.92 Å². The van der Waals surface area contributed by atoms with Gasteiger partial charge in [-0.15, -0.1) is 0 Å². The van der Waals surface area contributed by atoms with Crippen LogP contribution in [-0.2, 0) is 10.8 Å². The van der Waals surface area contributed by atoms with Crippen LogP contribution < -0.4 is 5.32 Å². The first-order chi connectivity index (χ1) is 7.16. The lowest BCUT2D eigenvalue weighted by atomic mass is 9.94. The maximum Gasteiger partial charge on any atom is 0.0441 e. The summed E-state index contributed by atoms with van der Waals surface area (Å²) in [6.07, 6.45) is 4.42. The zero-order chi connectivity index (χ0) is 10.8. The minimum absolute atomic E-state index is 0.282. The van der Waals surface area contributed by atoms with Crippen molar-refractivity contribution in [3.63, 3.8) is 0 Å². The van der Waals surface area contributed by atoms with E-state index in [1.54, 1.807) is 6.26 Å². The van der Waals surface area contributed by atoms with Gasteiger partial charge in [0.25, 0.3) is 0 Å². The van der Waals surface area contributed by atoms with Gasteiger partial charge in [-0.05, 0) is 38.8 Å². The number of hydrogen-bond acceptors (Lipinski definition) is 3. The second kappa shape index (κ2) is 4.93. The first-order valence-corrected chi connectivity index (χ1v) is 7.57. The Labute approximate surface area is 95.1 Å². The minimum Gasteiger partial charge on any atom is -0.312 e. The Hall–Kier alpha value is 0.0700. The maximum absolute atomic E-state index is 11.2. The molecule has 2 heterocycles. The molecule has 2 aliphatic heterocycles. The van der Waals surface area contributed by atoms with Crippen LogP contribution in [0.5, 0.6) is 0 Å². The molecule has 2 rings (SSSR count). The van der Waals surface area contributed by atoms with Gasteiger partial charge in [-0.3, -0.25) is 4.21 Å². The van der Waals surface area contributed by atoms with Crippen molar-refractivity contribution in [3.8, 4) is 0 Å². The number of fused-ring (bicyclic) bond motifs is 2. The third-order valence-electron chi connectivity index (χ3n) is 3.87. The van der Waals surface area contributed by atoms with Crippen molar-refractivity contribution >= 4 is 10.8 Å². The molecule has 0 aromatic carbocycles. The summed E-state index contributed by atoms with van der Waals surface area (Å²) in [5.41, 5.74) is 0. The molecule has 4 heteroatoms. The molecule has 0 aromatic rings. The minimum atomic E-state index is -0.690. The summed E-state index contributed by atoms with van der Waals surface area (Å²) in [6.45, 7) is 6.79. The first-order valence-electron chi connectivity index (χ1n) is 5.95. The van der Waals surface area contributed by atoms with Crippen molar-refractivity contribution in [3.05, 3.63) is 0 Å². The molecule has 5 unspecified atom stereocenters. The van der Waals surface area contributed by atoms with Crippen LogP contribution in [0.4, 0.5) is 0 Å². The quantitative estimate of drug-likeness (QED) is 0.760. The third kappa shape index (κ3) is 2.80. The third-order valence-corrected chi connectivity index (χ3v) is 5.17. The smallest absolute Gasteiger partial charge is 0.0441 e. The molecule has 2 saturated heterocycles. The van der Waals surface area contributed by atoms with Crippen LogP contribution in [0.1, 0.15) is 19.8 Å².